The fourth-order valence-electron chi connectivity index (χ4n) is 2.14. The van der Waals surface area contributed by atoms with Crippen LogP contribution in [0.3, 0.4) is 0 Å². The molecule has 0 atom stereocenters. The first kappa shape index (κ1) is 14.2. The zero-order valence-corrected chi connectivity index (χ0v) is 12.6. The van der Waals surface area contributed by atoms with E-state index in [1.807, 2.05) is 18.2 Å². The smallest absolute Gasteiger partial charge is 0.329 e. The topological polar surface area (TPSA) is 107 Å². The number of pyridine rings is 1. The van der Waals surface area contributed by atoms with E-state index in [0.29, 0.717) is 17.2 Å². The van der Waals surface area contributed by atoms with Crippen LogP contribution in [0, 0.1) is 0 Å². The molecule has 0 spiro atoms. The molecule has 0 aromatic carbocycles. The van der Waals surface area contributed by atoms with Gasteiger partial charge in [0, 0.05) is 18.1 Å². The van der Waals surface area contributed by atoms with Crippen LogP contribution in [0.1, 0.15) is 6.92 Å². The molecule has 8 heteroatoms. The Morgan fingerprint density at radius 1 is 1.32 bits per heavy atom. The van der Waals surface area contributed by atoms with E-state index >= 15 is 0 Å². The molecule has 3 N–H and O–H groups in total. The van der Waals surface area contributed by atoms with Gasteiger partial charge in [-0.15, -0.1) is 11.3 Å². The molecule has 0 aliphatic heterocycles. The third kappa shape index (κ3) is 2.33. The number of nitrogens with one attached hydrogen (secondary N) is 1. The Hall–Kier alpha value is -2.74. The van der Waals surface area contributed by atoms with Crippen molar-refractivity contribution in [3.05, 3.63) is 50.6 Å². The number of hydrogen-bond acceptors (Lipinski definition) is 6. The lowest BCUT2D eigenvalue weighted by Gasteiger charge is -2.08. The van der Waals surface area contributed by atoms with Gasteiger partial charge in [-0.1, -0.05) is 6.07 Å². The SMILES string of the molecule is CCn1c(N)c(-c2csc(-c3ccccn3)n2)c(=O)[nH]c1=O. The molecule has 3 heterocycles. The van der Waals surface area contributed by atoms with Gasteiger partial charge >= 0.3 is 5.69 Å². The Labute approximate surface area is 129 Å². The van der Waals surface area contributed by atoms with Crippen LogP contribution in [0.4, 0.5) is 5.82 Å². The van der Waals surface area contributed by atoms with Gasteiger partial charge in [0.15, 0.2) is 0 Å². The summed E-state index contributed by atoms with van der Waals surface area (Å²) in [6.45, 7) is 2.14. The Morgan fingerprint density at radius 2 is 2.14 bits per heavy atom. The molecule has 0 aliphatic rings. The number of nitrogen functional groups attached to an aromatic ring is 1. The van der Waals surface area contributed by atoms with Crippen molar-refractivity contribution in [3.63, 3.8) is 0 Å². The second kappa shape index (κ2) is 5.57. The maximum Gasteiger partial charge on any atom is 0.329 e. The van der Waals surface area contributed by atoms with Gasteiger partial charge < -0.3 is 5.73 Å². The van der Waals surface area contributed by atoms with E-state index in [2.05, 4.69) is 15.0 Å². The molecule has 0 saturated heterocycles. The van der Waals surface area contributed by atoms with Crippen molar-refractivity contribution in [2.45, 2.75) is 13.5 Å². The van der Waals surface area contributed by atoms with Gasteiger partial charge in [-0.05, 0) is 19.1 Å². The second-order valence-corrected chi connectivity index (χ2v) is 5.37. The van der Waals surface area contributed by atoms with Crippen molar-refractivity contribution < 1.29 is 0 Å². The van der Waals surface area contributed by atoms with Crippen molar-refractivity contribution >= 4 is 17.2 Å². The van der Waals surface area contributed by atoms with E-state index in [1.165, 1.54) is 15.9 Å². The van der Waals surface area contributed by atoms with E-state index in [9.17, 15) is 9.59 Å². The quantitative estimate of drug-likeness (QED) is 0.758. The van der Waals surface area contributed by atoms with E-state index < -0.39 is 11.2 Å². The van der Waals surface area contributed by atoms with Crippen LogP contribution in [0.25, 0.3) is 22.0 Å². The summed E-state index contributed by atoms with van der Waals surface area (Å²) in [5, 5.41) is 2.42. The van der Waals surface area contributed by atoms with Gasteiger partial charge in [-0.3, -0.25) is 19.3 Å². The lowest BCUT2D eigenvalue weighted by molar-refractivity contribution is 0.706. The highest BCUT2D eigenvalue weighted by Crippen LogP contribution is 2.28. The Bertz CT molecular complexity index is 926. The molecule has 0 radical (unpaired) electrons. The molecule has 7 nitrogen and oxygen atoms in total. The molecule has 3 aromatic rings. The average Bonchev–Trinajstić information content (AvgIpc) is 2.97. The Kier molecular flexibility index (Phi) is 3.60. The molecular weight excluding hydrogens is 302 g/mol. The number of hydrogen-bond donors (Lipinski definition) is 2. The maximum absolute atomic E-state index is 12.1. The third-order valence-corrected chi connectivity index (χ3v) is 4.06. The summed E-state index contributed by atoms with van der Waals surface area (Å²) in [5.74, 6) is 0.120. The largest absolute Gasteiger partial charge is 0.384 e. The Morgan fingerprint density at radius 3 is 2.82 bits per heavy atom. The standard InChI is InChI=1S/C14H13N5O2S/c1-2-19-11(15)10(12(20)18-14(19)21)9-7-22-13(17-9)8-5-3-4-6-16-8/h3-7H,2,15H2,1H3,(H,18,20,21). The van der Waals surface area contributed by atoms with Gasteiger partial charge in [0.1, 0.15) is 16.4 Å². The summed E-state index contributed by atoms with van der Waals surface area (Å²) in [5.41, 5.74) is 6.28. The first-order valence-corrected chi connectivity index (χ1v) is 7.49. The zero-order chi connectivity index (χ0) is 15.7. The highest BCUT2D eigenvalue weighted by molar-refractivity contribution is 7.13. The maximum atomic E-state index is 12.1. The second-order valence-electron chi connectivity index (χ2n) is 4.52. The molecule has 22 heavy (non-hydrogen) atoms. The highest BCUT2D eigenvalue weighted by Gasteiger charge is 2.17. The lowest BCUT2D eigenvalue weighted by Crippen LogP contribution is -2.32. The van der Waals surface area contributed by atoms with Crippen LogP contribution in [0.2, 0.25) is 0 Å². The summed E-state index contributed by atoms with van der Waals surface area (Å²) in [4.78, 5) is 34.7. The van der Waals surface area contributed by atoms with Gasteiger partial charge in [-0.2, -0.15) is 0 Å². The van der Waals surface area contributed by atoms with Crippen LogP contribution in [0.5, 0.6) is 0 Å². The van der Waals surface area contributed by atoms with E-state index in [-0.39, 0.29) is 11.4 Å². The highest BCUT2D eigenvalue weighted by atomic mass is 32.1. The van der Waals surface area contributed by atoms with E-state index in [4.69, 9.17) is 5.73 Å². The number of aromatic nitrogens is 4. The molecule has 0 fully saturated rings. The number of thiazole rings is 1. The predicted octanol–water partition coefficient (Wildman–Crippen LogP) is 1.32. The van der Waals surface area contributed by atoms with E-state index in [0.717, 1.165) is 5.69 Å². The summed E-state index contributed by atoms with van der Waals surface area (Å²) < 4.78 is 1.30. The van der Waals surface area contributed by atoms with Gasteiger partial charge in [0.2, 0.25) is 0 Å². The molecule has 0 unspecified atom stereocenters. The molecule has 0 aliphatic carbocycles. The number of H-pyrrole nitrogens is 1. The number of rotatable bonds is 3. The van der Waals surface area contributed by atoms with Crippen molar-refractivity contribution in [2.75, 3.05) is 5.73 Å². The zero-order valence-electron chi connectivity index (χ0n) is 11.7. The molecule has 3 aromatic heterocycles. The number of anilines is 1. The predicted molar refractivity (Wildman–Crippen MR) is 85.7 cm³/mol. The summed E-state index contributed by atoms with van der Waals surface area (Å²) in [7, 11) is 0. The number of nitrogens with two attached hydrogens (primary N) is 1. The molecule has 112 valence electrons. The number of aromatic amines is 1. The minimum Gasteiger partial charge on any atom is -0.384 e. The molecular formula is C14H13N5O2S. The first-order valence-electron chi connectivity index (χ1n) is 6.61. The minimum atomic E-state index is -0.537. The lowest BCUT2D eigenvalue weighted by atomic mass is 10.2. The van der Waals surface area contributed by atoms with Crippen molar-refractivity contribution in [3.8, 4) is 22.0 Å². The summed E-state index contributed by atoms with van der Waals surface area (Å²) in [6, 6.07) is 5.52. The molecule has 0 saturated carbocycles. The monoisotopic (exact) mass is 315 g/mol. The van der Waals surface area contributed by atoms with Crippen LogP contribution in [-0.4, -0.2) is 19.5 Å². The van der Waals surface area contributed by atoms with Gasteiger partial charge in [0.25, 0.3) is 5.56 Å². The fourth-order valence-corrected chi connectivity index (χ4v) is 2.93. The van der Waals surface area contributed by atoms with Crippen LogP contribution in [0.15, 0.2) is 39.4 Å². The molecule has 3 rings (SSSR count). The fraction of sp³-hybridized carbons (Fsp3) is 0.143. The van der Waals surface area contributed by atoms with Crippen molar-refractivity contribution in [1.29, 1.82) is 0 Å². The molecule has 0 amide bonds. The minimum absolute atomic E-state index is 0.120. The van der Waals surface area contributed by atoms with Gasteiger partial charge in [0.05, 0.1) is 11.4 Å². The van der Waals surface area contributed by atoms with Gasteiger partial charge in [-0.25, -0.2) is 9.78 Å². The molecule has 0 bridgehead atoms. The first-order chi connectivity index (χ1) is 10.6. The number of nitrogens with zero attached hydrogens (tertiary/aromatic N) is 3. The summed E-state index contributed by atoms with van der Waals surface area (Å²) in [6.07, 6.45) is 1.68. The Balaban J connectivity index is 2.16. The summed E-state index contributed by atoms with van der Waals surface area (Å²) >= 11 is 1.36. The van der Waals surface area contributed by atoms with Crippen molar-refractivity contribution in [2.24, 2.45) is 0 Å². The van der Waals surface area contributed by atoms with Crippen molar-refractivity contribution in [1.82, 2.24) is 19.5 Å². The average molecular weight is 315 g/mol. The van der Waals surface area contributed by atoms with E-state index in [1.54, 1.807) is 18.5 Å². The third-order valence-electron chi connectivity index (χ3n) is 3.20. The van der Waals surface area contributed by atoms with Crippen LogP contribution < -0.4 is 17.0 Å². The normalized spacial score (nSPS) is 10.8. The van der Waals surface area contributed by atoms with Crippen LogP contribution >= 0.6 is 11.3 Å². The van der Waals surface area contributed by atoms with Crippen LogP contribution in [-0.2, 0) is 6.54 Å².